The van der Waals surface area contributed by atoms with Crippen molar-refractivity contribution in [2.24, 2.45) is 4.99 Å². The Morgan fingerprint density at radius 2 is 1.89 bits per heavy atom. The molecule has 0 aliphatic heterocycles. The molecule has 2 aromatic carbocycles. The molecule has 0 radical (unpaired) electrons. The van der Waals surface area contributed by atoms with Crippen molar-refractivity contribution in [3.05, 3.63) is 68.5 Å². The number of nitrogens with zero attached hydrogens (tertiary/aromatic N) is 3. The molecule has 0 aliphatic carbocycles. The second-order valence-electron chi connectivity index (χ2n) is 5.63. The van der Waals surface area contributed by atoms with Crippen LogP contribution in [0.3, 0.4) is 0 Å². The number of nitro benzene ring substituents is 1. The van der Waals surface area contributed by atoms with Crippen LogP contribution in [0.4, 0.5) is 5.69 Å². The lowest BCUT2D eigenvalue weighted by atomic mass is 10.1. The fourth-order valence-electron chi connectivity index (χ4n) is 2.50. The van der Waals surface area contributed by atoms with Crippen LogP contribution in [0, 0.1) is 22.5 Å². The van der Waals surface area contributed by atoms with Crippen molar-refractivity contribution < 1.29 is 14.5 Å². The molecule has 1 heterocycles. The lowest BCUT2D eigenvalue weighted by molar-refractivity contribution is -0.384. The van der Waals surface area contributed by atoms with Gasteiger partial charge in [0.2, 0.25) is 0 Å². The number of ketones is 1. The van der Waals surface area contributed by atoms with Crippen LogP contribution < -0.4 is 4.80 Å². The molecule has 8 heteroatoms. The number of thiazole rings is 1. The maximum atomic E-state index is 12.5. The number of carbonyl (C=O) groups is 2. The first-order valence-electron chi connectivity index (χ1n) is 7.82. The molecule has 134 valence electrons. The SMILES string of the molecule is C#CCn1c(=NC(=O)c2ccc(C(C)=O)cc2)sc2cc([N+](=O)[O-])ccc21. The van der Waals surface area contributed by atoms with Crippen LogP contribution in [0.5, 0.6) is 0 Å². The lowest BCUT2D eigenvalue weighted by Gasteiger charge is -2.00. The Labute approximate surface area is 157 Å². The van der Waals surface area contributed by atoms with Crippen molar-refractivity contribution in [2.45, 2.75) is 13.5 Å². The molecule has 7 nitrogen and oxygen atoms in total. The fourth-order valence-corrected chi connectivity index (χ4v) is 3.56. The van der Waals surface area contributed by atoms with E-state index in [1.54, 1.807) is 22.8 Å². The van der Waals surface area contributed by atoms with Gasteiger partial charge in [-0.3, -0.25) is 19.7 Å². The van der Waals surface area contributed by atoms with Gasteiger partial charge in [-0.05, 0) is 25.1 Å². The number of nitro groups is 1. The maximum absolute atomic E-state index is 12.5. The summed E-state index contributed by atoms with van der Waals surface area (Å²) in [6.45, 7) is 1.62. The van der Waals surface area contributed by atoms with Crippen LogP contribution in [0.2, 0.25) is 0 Å². The highest BCUT2D eigenvalue weighted by Gasteiger charge is 2.13. The van der Waals surface area contributed by atoms with E-state index in [1.165, 1.54) is 31.2 Å². The Hall–Kier alpha value is -3.57. The zero-order valence-electron chi connectivity index (χ0n) is 14.2. The van der Waals surface area contributed by atoms with Crippen LogP contribution in [-0.4, -0.2) is 21.2 Å². The zero-order valence-corrected chi connectivity index (χ0v) is 15.0. The molecule has 0 bridgehead atoms. The van der Waals surface area contributed by atoms with Crippen LogP contribution in [0.1, 0.15) is 27.6 Å². The number of fused-ring (bicyclic) bond motifs is 1. The monoisotopic (exact) mass is 379 g/mol. The molecule has 0 saturated carbocycles. The van der Waals surface area contributed by atoms with Crippen molar-refractivity contribution in [1.29, 1.82) is 0 Å². The number of amides is 1. The molecular formula is C19H13N3O4S. The van der Waals surface area contributed by atoms with E-state index in [0.717, 1.165) is 11.3 Å². The minimum atomic E-state index is -0.489. The summed E-state index contributed by atoms with van der Waals surface area (Å²) < 4.78 is 2.27. The molecular weight excluding hydrogens is 366 g/mol. The van der Waals surface area contributed by atoms with Gasteiger partial charge in [-0.2, -0.15) is 4.99 Å². The van der Waals surface area contributed by atoms with Gasteiger partial charge in [-0.25, -0.2) is 0 Å². The number of non-ortho nitro benzene ring substituents is 1. The second-order valence-corrected chi connectivity index (χ2v) is 6.64. The lowest BCUT2D eigenvalue weighted by Crippen LogP contribution is -2.16. The van der Waals surface area contributed by atoms with E-state index in [2.05, 4.69) is 10.9 Å². The highest BCUT2D eigenvalue weighted by atomic mass is 32.1. The number of hydrogen-bond donors (Lipinski definition) is 0. The molecule has 0 atom stereocenters. The average molecular weight is 379 g/mol. The minimum absolute atomic E-state index is 0.0469. The van der Waals surface area contributed by atoms with E-state index >= 15 is 0 Å². The summed E-state index contributed by atoms with van der Waals surface area (Å²) in [5.41, 5.74) is 1.45. The molecule has 27 heavy (non-hydrogen) atoms. The topological polar surface area (TPSA) is 94.6 Å². The summed E-state index contributed by atoms with van der Waals surface area (Å²) >= 11 is 1.15. The number of terminal acetylenes is 1. The third kappa shape index (κ3) is 3.68. The second kappa shape index (κ2) is 7.35. The van der Waals surface area contributed by atoms with Gasteiger partial charge in [0, 0.05) is 23.3 Å². The van der Waals surface area contributed by atoms with Crippen LogP contribution >= 0.6 is 11.3 Å². The van der Waals surface area contributed by atoms with Crippen molar-refractivity contribution >= 4 is 38.9 Å². The predicted molar refractivity (Wildman–Crippen MR) is 102 cm³/mol. The van der Waals surface area contributed by atoms with Crippen molar-refractivity contribution in [2.75, 3.05) is 0 Å². The van der Waals surface area contributed by atoms with Gasteiger partial charge in [-0.1, -0.05) is 29.4 Å². The first kappa shape index (κ1) is 18.2. The van der Waals surface area contributed by atoms with Crippen LogP contribution in [-0.2, 0) is 6.54 Å². The van der Waals surface area contributed by atoms with E-state index in [9.17, 15) is 19.7 Å². The van der Waals surface area contributed by atoms with Crippen molar-refractivity contribution in [3.8, 4) is 12.3 Å². The third-order valence-corrected chi connectivity index (χ3v) is 4.90. The third-order valence-electron chi connectivity index (χ3n) is 3.86. The van der Waals surface area contributed by atoms with Gasteiger partial charge in [-0.15, -0.1) is 6.42 Å². The molecule has 0 fully saturated rings. The number of benzene rings is 2. The number of hydrogen-bond acceptors (Lipinski definition) is 5. The first-order chi connectivity index (χ1) is 12.9. The van der Waals surface area contributed by atoms with Gasteiger partial charge >= 0.3 is 0 Å². The molecule has 3 rings (SSSR count). The molecule has 0 saturated heterocycles. The Bertz CT molecular complexity index is 1180. The van der Waals surface area contributed by atoms with Crippen LogP contribution in [0.15, 0.2) is 47.5 Å². The molecule has 0 unspecified atom stereocenters. The fraction of sp³-hybridized carbons (Fsp3) is 0.105. The predicted octanol–water partition coefficient (Wildman–Crippen LogP) is 3.19. The van der Waals surface area contributed by atoms with Crippen molar-refractivity contribution in [1.82, 2.24) is 4.57 Å². The van der Waals surface area contributed by atoms with Gasteiger partial charge in [0.05, 0.1) is 21.7 Å². The molecule has 1 amide bonds. The summed E-state index contributed by atoms with van der Waals surface area (Å²) in [5.74, 6) is 1.92. The molecule has 0 aliphatic rings. The van der Waals surface area contributed by atoms with Gasteiger partial charge < -0.3 is 4.57 Å². The molecule has 1 aromatic heterocycles. The van der Waals surface area contributed by atoms with E-state index in [1.807, 2.05) is 0 Å². The number of carbonyl (C=O) groups excluding carboxylic acids is 2. The van der Waals surface area contributed by atoms with Gasteiger partial charge in [0.15, 0.2) is 10.6 Å². The summed E-state index contributed by atoms with van der Waals surface area (Å²) in [5, 5.41) is 11.0. The molecule has 0 spiro atoms. The Balaban J connectivity index is 2.09. The van der Waals surface area contributed by atoms with Crippen LogP contribution in [0.25, 0.3) is 10.2 Å². The zero-order chi connectivity index (χ0) is 19.6. The quantitative estimate of drug-likeness (QED) is 0.301. The Morgan fingerprint density at radius 3 is 2.48 bits per heavy atom. The molecule has 0 N–H and O–H groups in total. The van der Waals surface area contributed by atoms with Gasteiger partial charge in [0.25, 0.3) is 11.6 Å². The number of aromatic nitrogens is 1. The van der Waals surface area contributed by atoms with Gasteiger partial charge in [0.1, 0.15) is 0 Å². The summed E-state index contributed by atoms with van der Waals surface area (Å²) in [6, 6.07) is 10.6. The summed E-state index contributed by atoms with van der Waals surface area (Å²) in [7, 11) is 0. The normalized spacial score (nSPS) is 11.3. The number of rotatable bonds is 4. The summed E-state index contributed by atoms with van der Waals surface area (Å²) in [6.07, 6.45) is 5.41. The standard InChI is InChI=1S/C19H13N3O4S/c1-3-10-21-16-9-8-15(22(25)26)11-17(16)27-19(21)20-18(24)14-6-4-13(5-7-14)12(2)23/h1,4-9,11H,10H2,2H3. The number of Topliss-reactive ketones (excluding diaryl/α,β-unsaturated/α-hetero) is 1. The largest absolute Gasteiger partial charge is 0.305 e. The van der Waals surface area contributed by atoms with Crippen molar-refractivity contribution in [3.63, 3.8) is 0 Å². The van der Waals surface area contributed by atoms with E-state index < -0.39 is 10.8 Å². The average Bonchev–Trinajstić information content (AvgIpc) is 2.98. The Kier molecular flexibility index (Phi) is 4.96. The van der Waals surface area contributed by atoms with E-state index in [-0.39, 0.29) is 18.0 Å². The maximum Gasteiger partial charge on any atom is 0.279 e. The highest BCUT2D eigenvalue weighted by Crippen LogP contribution is 2.23. The van der Waals surface area contributed by atoms with E-state index in [4.69, 9.17) is 6.42 Å². The molecule has 3 aromatic rings. The smallest absolute Gasteiger partial charge is 0.279 e. The summed E-state index contributed by atoms with van der Waals surface area (Å²) in [4.78, 5) is 38.8. The highest BCUT2D eigenvalue weighted by molar-refractivity contribution is 7.16. The van der Waals surface area contributed by atoms with E-state index in [0.29, 0.717) is 26.1 Å². The minimum Gasteiger partial charge on any atom is -0.305 e. The first-order valence-corrected chi connectivity index (χ1v) is 8.63. The Morgan fingerprint density at radius 1 is 1.22 bits per heavy atom.